The second-order valence-corrected chi connectivity index (χ2v) is 5.28. The first kappa shape index (κ1) is 11.7. The van der Waals surface area contributed by atoms with E-state index in [2.05, 4.69) is 24.4 Å². The minimum Gasteiger partial charge on any atom is -0.469 e. The van der Waals surface area contributed by atoms with Crippen LogP contribution in [-0.4, -0.2) is 0 Å². The summed E-state index contributed by atoms with van der Waals surface area (Å²) in [6.45, 7) is 2.08. The Labute approximate surface area is 112 Å². The molecule has 0 bridgehead atoms. The monoisotopic (exact) mass is 261 g/mol. The van der Waals surface area contributed by atoms with E-state index in [0.29, 0.717) is 6.04 Å². The Kier molecular flexibility index (Phi) is 3.04. The van der Waals surface area contributed by atoms with Gasteiger partial charge in [-0.05, 0) is 43.5 Å². The molecule has 1 aliphatic rings. The lowest BCUT2D eigenvalue weighted by Crippen LogP contribution is -2.16. The number of halogens is 1. The molecule has 0 aliphatic heterocycles. The molecular weight excluding hydrogens is 246 g/mol. The maximum atomic E-state index is 6.23. The summed E-state index contributed by atoms with van der Waals surface area (Å²) in [5.74, 6) is 1.11. The highest BCUT2D eigenvalue weighted by molar-refractivity contribution is 6.33. The molecule has 18 heavy (non-hydrogen) atoms. The van der Waals surface area contributed by atoms with Gasteiger partial charge in [0.05, 0.1) is 23.0 Å². The van der Waals surface area contributed by atoms with Gasteiger partial charge >= 0.3 is 0 Å². The summed E-state index contributed by atoms with van der Waals surface area (Å²) >= 11 is 6.23. The average Bonchev–Trinajstić information content (AvgIpc) is 2.83. The molecule has 2 nitrogen and oxygen atoms in total. The number of rotatable bonds is 2. The predicted molar refractivity (Wildman–Crippen MR) is 74.2 cm³/mol. The SMILES string of the molecule is Cc1ccc(Cl)c(NC2CCCc3occc32)c1. The van der Waals surface area contributed by atoms with Crippen molar-refractivity contribution in [1.29, 1.82) is 0 Å². The smallest absolute Gasteiger partial charge is 0.109 e. The fraction of sp³-hybridized carbons (Fsp3) is 0.333. The van der Waals surface area contributed by atoms with Crippen molar-refractivity contribution in [3.05, 3.63) is 52.4 Å². The van der Waals surface area contributed by atoms with Crippen LogP contribution in [0.15, 0.2) is 34.9 Å². The topological polar surface area (TPSA) is 25.2 Å². The first-order valence-electron chi connectivity index (χ1n) is 6.33. The van der Waals surface area contributed by atoms with E-state index in [1.807, 2.05) is 12.1 Å². The Morgan fingerprint density at radius 1 is 1.33 bits per heavy atom. The molecule has 1 atom stereocenters. The van der Waals surface area contributed by atoms with Gasteiger partial charge < -0.3 is 9.73 Å². The molecule has 1 unspecified atom stereocenters. The van der Waals surface area contributed by atoms with Crippen LogP contribution >= 0.6 is 11.6 Å². The van der Waals surface area contributed by atoms with E-state index in [9.17, 15) is 0 Å². The molecule has 3 heteroatoms. The number of anilines is 1. The van der Waals surface area contributed by atoms with Crippen molar-refractivity contribution in [3.63, 3.8) is 0 Å². The third kappa shape index (κ3) is 2.13. The molecule has 1 aromatic carbocycles. The van der Waals surface area contributed by atoms with Crippen LogP contribution < -0.4 is 5.32 Å². The van der Waals surface area contributed by atoms with Gasteiger partial charge in [-0.25, -0.2) is 0 Å². The van der Waals surface area contributed by atoms with E-state index in [4.69, 9.17) is 16.0 Å². The highest BCUT2D eigenvalue weighted by Gasteiger charge is 2.22. The molecule has 0 fully saturated rings. The van der Waals surface area contributed by atoms with Crippen LogP contribution in [0.1, 0.15) is 35.8 Å². The zero-order valence-corrected chi connectivity index (χ0v) is 11.1. The molecule has 2 aromatic rings. The number of fused-ring (bicyclic) bond motifs is 1. The molecule has 94 valence electrons. The second-order valence-electron chi connectivity index (χ2n) is 4.87. The second kappa shape index (κ2) is 4.69. The summed E-state index contributed by atoms with van der Waals surface area (Å²) < 4.78 is 5.50. The Morgan fingerprint density at radius 3 is 3.11 bits per heavy atom. The molecule has 1 heterocycles. The van der Waals surface area contributed by atoms with Crippen molar-refractivity contribution in [2.45, 2.75) is 32.2 Å². The van der Waals surface area contributed by atoms with E-state index in [1.165, 1.54) is 11.1 Å². The van der Waals surface area contributed by atoms with Crippen LogP contribution in [0.25, 0.3) is 0 Å². The average molecular weight is 262 g/mol. The van der Waals surface area contributed by atoms with Crippen molar-refractivity contribution in [2.24, 2.45) is 0 Å². The zero-order chi connectivity index (χ0) is 12.5. The molecule has 1 aliphatic carbocycles. The van der Waals surface area contributed by atoms with Crippen LogP contribution in [0, 0.1) is 6.92 Å². The fourth-order valence-corrected chi connectivity index (χ4v) is 2.75. The molecule has 3 rings (SSSR count). The zero-order valence-electron chi connectivity index (χ0n) is 10.4. The summed E-state index contributed by atoms with van der Waals surface area (Å²) in [5, 5.41) is 4.31. The normalized spacial score (nSPS) is 18.4. The maximum Gasteiger partial charge on any atom is 0.109 e. The third-order valence-electron chi connectivity index (χ3n) is 3.50. The molecule has 0 radical (unpaired) electrons. The maximum absolute atomic E-state index is 6.23. The van der Waals surface area contributed by atoms with Crippen LogP contribution in [0.5, 0.6) is 0 Å². The van der Waals surface area contributed by atoms with Crippen molar-refractivity contribution in [1.82, 2.24) is 0 Å². The van der Waals surface area contributed by atoms with Gasteiger partial charge in [0.25, 0.3) is 0 Å². The van der Waals surface area contributed by atoms with Gasteiger partial charge in [0.15, 0.2) is 0 Å². The van der Waals surface area contributed by atoms with E-state index in [0.717, 1.165) is 35.7 Å². The first-order valence-corrected chi connectivity index (χ1v) is 6.71. The summed E-state index contributed by atoms with van der Waals surface area (Å²) in [5.41, 5.74) is 3.50. The van der Waals surface area contributed by atoms with Crippen molar-refractivity contribution in [2.75, 3.05) is 5.32 Å². The summed E-state index contributed by atoms with van der Waals surface area (Å²) in [7, 11) is 0. The molecule has 0 saturated heterocycles. The number of hydrogen-bond acceptors (Lipinski definition) is 2. The van der Waals surface area contributed by atoms with Crippen LogP contribution in [0.3, 0.4) is 0 Å². The van der Waals surface area contributed by atoms with Gasteiger partial charge in [0.1, 0.15) is 5.76 Å². The molecule has 1 N–H and O–H groups in total. The van der Waals surface area contributed by atoms with Gasteiger partial charge in [-0.1, -0.05) is 17.7 Å². The predicted octanol–water partition coefficient (Wildman–Crippen LogP) is 4.73. The van der Waals surface area contributed by atoms with Crippen molar-refractivity contribution in [3.8, 4) is 0 Å². The largest absolute Gasteiger partial charge is 0.469 e. The lowest BCUT2D eigenvalue weighted by Gasteiger charge is -2.24. The summed E-state index contributed by atoms with van der Waals surface area (Å²) in [6, 6.07) is 8.44. The highest BCUT2D eigenvalue weighted by Crippen LogP contribution is 2.35. The number of furan rings is 1. The van der Waals surface area contributed by atoms with E-state index < -0.39 is 0 Å². The minimum atomic E-state index is 0.312. The molecule has 0 saturated carbocycles. The lowest BCUT2D eigenvalue weighted by molar-refractivity contribution is 0.461. The van der Waals surface area contributed by atoms with Crippen LogP contribution in [0.2, 0.25) is 5.02 Å². The molecule has 0 amide bonds. The van der Waals surface area contributed by atoms with Gasteiger partial charge in [-0.2, -0.15) is 0 Å². The number of nitrogens with one attached hydrogen (secondary N) is 1. The highest BCUT2D eigenvalue weighted by atomic mass is 35.5. The van der Waals surface area contributed by atoms with E-state index in [-0.39, 0.29) is 0 Å². The van der Waals surface area contributed by atoms with E-state index >= 15 is 0 Å². The molecule has 1 aromatic heterocycles. The summed E-state index contributed by atoms with van der Waals surface area (Å²) in [4.78, 5) is 0. The first-order chi connectivity index (χ1) is 8.74. The molecular formula is C15H16ClNO. The lowest BCUT2D eigenvalue weighted by atomic mass is 9.93. The van der Waals surface area contributed by atoms with Gasteiger partial charge in [0, 0.05) is 12.0 Å². The Bertz CT molecular complexity index is 561. The Morgan fingerprint density at radius 2 is 2.22 bits per heavy atom. The number of benzene rings is 1. The third-order valence-corrected chi connectivity index (χ3v) is 3.83. The van der Waals surface area contributed by atoms with Crippen LogP contribution in [-0.2, 0) is 6.42 Å². The fourth-order valence-electron chi connectivity index (χ4n) is 2.57. The van der Waals surface area contributed by atoms with Crippen LogP contribution in [0.4, 0.5) is 5.69 Å². The minimum absolute atomic E-state index is 0.312. The van der Waals surface area contributed by atoms with E-state index in [1.54, 1.807) is 6.26 Å². The van der Waals surface area contributed by atoms with Gasteiger partial charge in [-0.15, -0.1) is 0 Å². The quantitative estimate of drug-likeness (QED) is 0.845. The van der Waals surface area contributed by atoms with Gasteiger partial charge in [0.2, 0.25) is 0 Å². The Balaban J connectivity index is 1.88. The summed E-state index contributed by atoms with van der Waals surface area (Å²) in [6.07, 6.45) is 5.10. The number of hydrogen-bond donors (Lipinski definition) is 1. The standard InChI is InChI=1S/C15H16ClNO/c1-10-5-6-12(16)14(9-10)17-13-3-2-4-15-11(13)7-8-18-15/h5-9,13,17H,2-4H2,1H3. The number of aryl methyl sites for hydroxylation is 2. The Hall–Kier alpha value is -1.41. The van der Waals surface area contributed by atoms with Gasteiger partial charge in [-0.3, -0.25) is 0 Å². The van der Waals surface area contributed by atoms with Crippen molar-refractivity contribution < 1.29 is 4.42 Å². The molecule has 0 spiro atoms. The van der Waals surface area contributed by atoms with Crippen molar-refractivity contribution >= 4 is 17.3 Å².